The number of halogens is 3. The van der Waals surface area contributed by atoms with Crippen molar-refractivity contribution in [2.45, 2.75) is 62.2 Å². The van der Waals surface area contributed by atoms with Crippen LogP contribution < -0.4 is 15.4 Å². The fourth-order valence-corrected chi connectivity index (χ4v) is 6.84. The molecule has 3 aromatic rings. The van der Waals surface area contributed by atoms with E-state index in [9.17, 15) is 36.3 Å². The van der Waals surface area contributed by atoms with Crippen LogP contribution in [0.25, 0.3) is 0 Å². The Kier molecular flexibility index (Phi) is 11.2. The minimum atomic E-state index is -4.75. The fraction of sp³-hybridized carbons (Fsp3) is 0.375. The molecule has 0 saturated carbocycles. The van der Waals surface area contributed by atoms with E-state index in [1.54, 1.807) is 48.5 Å². The summed E-state index contributed by atoms with van der Waals surface area (Å²) in [7, 11) is -4.48. The Balaban J connectivity index is 1.58. The molecule has 1 aliphatic heterocycles. The van der Waals surface area contributed by atoms with Crippen LogP contribution in [0.3, 0.4) is 0 Å². The number of ether oxygens (including phenoxy) is 1. The minimum absolute atomic E-state index is 0.0240. The van der Waals surface area contributed by atoms with Gasteiger partial charge in [0.25, 0.3) is 0 Å². The Bertz CT molecular complexity index is 1560. The van der Waals surface area contributed by atoms with Crippen LogP contribution in [0, 0.1) is 0 Å². The van der Waals surface area contributed by atoms with Crippen molar-refractivity contribution >= 4 is 27.5 Å². The molecule has 9 nitrogen and oxygen atoms in total. The van der Waals surface area contributed by atoms with Crippen molar-refractivity contribution < 1.29 is 41.0 Å². The van der Waals surface area contributed by atoms with E-state index in [1.165, 1.54) is 0 Å². The van der Waals surface area contributed by atoms with Gasteiger partial charge in [0, 0.05) is 25.3 Å². The van der Waals surface area contributed by atoms with Gasteiger partial charge < -0.3 is 20.5 Å². The molecule has 242 valence electrons. The Labute approximate surface area is 260 Å². The van der Waals surface area contributed by atoms with Gasteiger partial charge in [0.1, 0.15) is 17.8 Å². The lowest BCUT2D eigenvalue weighted by molar-refractivity contribution is -0.137. The van der Waals surface area contributed by atoms with E-state index in [1.807, 2.05) is 6.92 Å². The number of nitrogens with one attached hydrogen (secondary N) is 2. The molecule has 1 aliphatic rings. The molecule has 0 radical (unpaired) electrons. The van der Waals surface area contributed by atoms with E-state index in [2.05, 4.69) is 10.6 Å². The third kappa shape index (κ3) is 8.83. The van der Waals surface area contributed by atoms with Crippen LogP contribution >= 0.6 is 0 Å². The van der Waals surface area contributed by atoms with Gasteiger partial charge in [-0.25, -0.2) is 8.42 Å². The summed E-state index contributed by atoms with van der Waals surface area (Å²) in [5.41, 5.74) is 0.935. The molecule has 1 heterocycles. The topological polar surface area (TPSA) is 125 Å². The number of nitrogens with zero attached hydrogens (tertiary/aromatic N) is 1. The molecule has 2 amide bonds. The maximum Gasteiger partial charge on any atom is 0.416 e. The first-order valence-electron chi connectivity index (χ1n) is 14.6. The lowest BCUT2D eigenvalue weighted by Crippen LogP contribution is -2.56. The van der Waals surface area contributed by atoms with Crippen molar-refractivity contribution in [3.8, 4) is 5.75 Å². The Morgan fingerprint density at radius 2 is 1.71 bits per heavy atom. The molecule has 4 rings (SSSR count). The first kappa shape index (κ1) is 33.9. The van der Waals surface area contributed by atoms with Crippen molar-refractivity contribution in [1.82, 2.24) is 9.62 Å². The van der Waals surface area contributed by atoms with Gasteiger partial charge in [-0.2, -0.15) is 17.5 Å². The molecular formula is C32H36F3N3O6S. The van der Waals surface area contributed by atoms with E-state index in [4.69, 9.17) is 4.74 Å². The molecule has 3 aromatic carbocycles. The zero-order chi connectivity index (χ0) is 32.6. The highest BCUT2D eigenvalue weighted by Crippen LogP contribution is 2.32. The van der Waals surface area contributed by atoms with Gasteiger partial charge in [0.2, 0.25) is 21.8 Å². The number of amides is 2. The van der Waals surface area contributed by atoms with Crippen LogP contribution in [0.4, 0.5) is 18.9 Å². The number of hydrogen-bond acceptors (Lipinski definition) is 6. The van der Waals surface area contributed by atoms with Gasteiger partial charge >= 0.3 is 6.18 Å². The minimum Gasteiger partial charge on any atom is -0.494 e. The number of anilines is 1. The lowest BCUT2D eigenvalue weighted by atomic mass is 10.0. The quantitative estimate of drug-likeness (QED) is 0.265. The highest BCUT2D eigenvalue weighted by Gasteiger charge is 2.40. The smallest absolute Gasteiger partial charge is 0.416 e. The number of piperidine rings is 1. The average molecular weight is 648 g/mol. The van der Waals surface area contributed by atoms with E-state index in [0.717, 1.165) is 28.1 Å². The monoisotopic (exact) mass is 647 g/mol. The second-order valence-corrected chi connectivity index (χ2v) is 12.5. The van der Waals surface area contributed by atoms with Crippen LogP contribution in [0.1, 0.15) is 42.9 Å². The number of rotatable bonds is 12. The maximum atomic E-state index is 13.7. The summed E-state index contributed by atoms with van der Waals surface area (Å²) < 4.78 is 73.5. The standard InChI is InChI=1S/C32H36F3N3O6S/c1-2-44-26-15-13-25(14-16-26)36-30(40)28(20-23-11-9-22(10-12-23)17-19-39)37-31(41)29-8-3-4-18-38(29)45(42,43)27-7-5-6-24(21-27)32(33,34)35/h5-7,9-16,21,28-29,39H,2-4,8,17-20H2,1H3,(H,36,40)(H,37,41)/t28-,29-/m0/s1. The normalized spacial score (nSPS) is 16.5. The second kappa shape index (κ2) is 14.9. The number of aliphatic hydroxyl groups excluding tert-OH is 1. The zero-order valence-corrected chi connectivity index (χ0v) is 25.5. The van der Waals surface area contributed by atoms with Crippen molar-refractivity contribution in [2.24, 2.45) is 0 Å². The van der Waals surface area contributed by atoms with Crippen molar-refractivity contribution in [3.05, 3.63) is 89.5 Å². The molecule has 2 atom stereocenters. The second-order valence-electron chi connectivity index (χ2n) is 10.7. The van der Waals surface area contributed by atoms with Crippen LogP contribution in [-0.2, 0) is 38.6 Å². The number of hydrogen-bond donors (Lipinski definition) is 3. The van der Waals surface area contributed by atoms with Gasteiger partial charge in [-0.15, -0.1) is 0 Å². The molecule has 1 saturated heterocycles. The summed E-state index contributed by atoms with van der Waals surface area (Å²) >= 11 is 0. The summed E-state index contributed by atoms with van der Waals surface area (Å²) in [5, 5.41) is 14.7. The first-order chi connectivity index (χ1) is 21.4. The third-order valence-corrected chi connectivity index (χ3v) is 9.36. The third-order valence-electron chi connectivity index (χ3n) is 7.45. The van der Waals surface area contributed by atoms with E-state index in [-0.39, 0.29) is 26.0 Å². The highest BCUT2D eigenvalue weighted by molar-refractivity contribution is 7.89. The van der Waals surface area contributed by atoms with Gasteiger partial charge in [-0.3, -0.25) is 9.59 Å². The fourth-order valence-electron chi connectivity index (χ4n) is 5.14. The summed E-state index contributed by atoms with van der Waals surface area (Å²) in [5.74, 6) is -0.660. The van der Waals surface area contributed by atoms with Crippen molar-refractivity contribution in [2.75, 3.05) is 25.1 Å². The summed E-state index contributed by atoms with van der Waals surface area (Å²) in [4.78, 5) is 26.7. The van der Waals surface area contributed by atoms with Crippen LogP contribution in [0.15, 0.2) is 77.7 Å². The number of sulfonamides is 1. The van der Waals surface area contributed by atoms with Crippen LogP contribution in [0.5, 0.6) is 5.75 Å². The van der Waals surface area contributed by atoms with Crippen molar-refractivity contribution in [1.29, 1.82) is 0 Å². The zero-order valence-electron chi connectivity index (χ0n) is 24.7. The predicted octanol–water partition coefficient (Wildman–Crippen LogP) is 4.55. The predicted molar refractivity (Wildman–Crippen MR) is 162 cm³/mol. The molecule has 45 heavy (non-hydrogen) atoms. The maximum absolute atomic E-state index is 13.7. The molecule has 0 spiro atoms. The van der Waals surface area contributed by atoms with Gasteiger partial charge in [0.05, 0.1) is 17.1 Å². The van der Waals surface area contributed by atoms with Crippen LogP contribution in [-0.4, -0.2) is 61.5 Å². The van der Waals surface area contributed by atoms with Crippen LogP contribution in [0.2, 0.25) is 0 Å². The average Bonchev–Trinajstić information content (AvgIpc) is 3.02. The number of carbonyl (C=O) groups excluding carboxylic acids is 2. The number of aliphatic hydroxyl groups is 1. The number of alkyl halides is 3. The molecule has 13 heteroatoms. The molecule has 3 N–H and O–H groups in total. The molecule has 0 unspecified atom stereocenters. The van der Waals surface area contributed by atoms with Gasteiger partial charge in [0.15, 0.2) is 0 Å². The Morgan fingerprint density at radius 3 is 2.36 bits per heavy atom. The highest BCUT2D eigenvalue weighted by atomic mass is 32.2. The van der Waals surface area contributed by atoms with E-state index < -0.39 is 50.6 Å². The van der Waals surface area contributed by atoms with Gasteiger partial charge in [-0.05, 0) is 79.8 Å². The number of carbonyl (C=O) groups is 2. The Hall–Kier alpha value is -3.94. The summed E-state index contributed by atoms with van der Waals surface area (Å²) in [6.07, 6.45) is -3.15. The number of benzene rings is 3. The Morgan fingerprint density at radius 1 is 1.02 bits per heavy atom. The first-order valence-corrected chi connectivity index (χ1v) is 16.1. The summed E-state index contributed by atoms with van der Waals surface area (Å²) in [6.45, 7) is 2.23. The van der Waals surface area contributed by atoms with Gasteiger partial charge in [-0.1, -0.05) is 36.8 Å². The van der Waals surface area contributed by atoms with E-state index in [0.29, 0.717) is 48.9 Å². The molecule has 0 bridgehead atoms. The van der Waals surface area contributed by atoms with Crippen molar-refractivity contribution in [3.63, 3.8) is 0 Å². The summed E-state index contributed by atoms with van der Waals surface area (Å²) in [6, 6.07) is 14.9. The molecular weight excluding hydrogens is 611 g/mol. The van der Waals surface area contributed by atoms with E-state index >= 15 is 0 Å². The molecule has 1 fully saturated rings. The molecule has 0 aromatic heterocycles. The molecule has 0 aliphatic carbocycles. The lowest BCUT2D eigenvalue weighted by Gasteiger charge is -2.34. The SMILES string of the molecule is CCOc1ccc(NC(=O)[C@H](Cc2ccc(CCO)cc2)NC(=O)[C@@H]2CCCCN2S(=O)(=O)c2cccc(C(F)(F)F)c2)cc1. The largest absolute Gasteiger partial charge is 0.494 e.